The van der Waals surface area contributed by atoms with Crippen LogP contribution in [0.3, 0.4) is 0 Å². The average Bonchev–Trinajstić information content (AvgIpc) is 2.62. The van der Waals surface area contributed by atoms with Gasteiger partial charge in [-0.2, -0.15) is 5.10 Å². The molecule has 0 saturated carbocycles. The molecule has 0 bridgehead atoms. The zero-order valence-corrected chi connectivity index (χ0v) is 15.3. The number of carbonyl (C=O) groups excluding carboxylic acids is 1. The number of benzene rings is 2. The number of nitrogens with one attached hydrogen (secondary N) is 1. The van der Waals surface area contributed by atoms with Crippen LogP contribution in [-0.2, 0) is 4.79 Å². The Kier molecular flexibility index (Phi) is 7.02. The lowest BCUT2D eigenvalue weighted by Crippen LogP contribution is -2.24. The van der Waals surface area contributed by atoms with Crippen molar-refractivity contribution in [3.05, 3.63) is 53.1 Å². The van der Waals surface area contributed by atoms with Gasteiger partial charge in [0.25, 0.3) is 5.91 Å². The first kappa shape index (κ1) is 19.3. The smallest absolute Gasteiger partial charge is 0.277 e. The highest BCUT2D eigenvalue weighted by atomic mass is 16.5. The Bertz CT molecular complexity index is 787. The van der Waals surface area contributed by atoms with E-state index >= 15 is 0 Å². The lowest BCUT2D eigenvalue weighted by Gasteiger charge is -2.09. The van der Waals surface area contributed by atoms with Gasteiger partial charge in [0, 0.05) is 11.6 Å². The molecule has 1 amide bonds. The van der Waals surface area contributed by atoms with Crippen LogP contribution in [0, 0.1) is 13.8 Å². The Balaban J connectivity index is 1.85. The molecular formula is C20H24N2O4. The van der Waals surface area contributed by atoms with Crippen molar-refractivity contribution in [2.75, 3.05) is 13.2 Å². The molecule has 0 heterocycles. The van der Waals surface area contributed by atoms with Crippen molar-refractivity contribution in [1.29, 1.82) is 0 Å². The van der Waals surface area contributed by atoms with Gasteiger partial charge in [0.05, 0.1) is 12.8 Å². The maximum absolute atomic E-state index is 11.8. The van der Waals surface area contributed by atoms with Gasteiger partial charge in [-0.3, -0.25) is 4.79 Å². The van der Waals surface area contributed by atoms with E-state index in [-0.39, 0.29) is 18.3 Å². The number of hydrazone groups is 1. The van der Waals surface area contributed by atoms with E-state index in [9.17, 15) is 9.90 Å². The number of phenols is 1. The molecule has 138 valence electrons. The zero-order valence-electron chi connectivity index (χ0n) is 15.3. The summed E-state index contributed by atoms with van der Waals surface area (Å²) in [5.41, 5.74) is 4.87. The van der Waals surface area contributed by atoms with Crippen LogP contribution in [0.1, 0.15) is 30.0 Å². The Morgan fingerprint density at radius 1 is 1.19 bits per heavy atom. The number of aromatic hydroxyl groups is 1. The van der Waals surface area contributed by atoms with Crippen LogP contribution < -0.4 is 14.9 Å². The van der Waals surface area contributed by atoms with Gasteiger partial charge < -0.3 is 14.6 Å². The summed E-state index contributed by atoms with van der Waals surface area (Å²) in [7, 11) is 0. The fourth-order valence-electron chi connectivity index (χ4n) is 2.15. The van der Waals surface area contributed by atoms with Crippen LogP contribution in [0.25, 0.3) is 0 Å². The van der Waals surface area contributed by atoms with Crippen molar-refractivity contribution in [2.45, 2.75) is 27.2 Å². The number of rotatable bonds is 8. The highest BCUT2D eigenvalue weighted by Crippen LogP contribution is 2.22. The molecule has 0 radical (unpaired) electrons. The largest absolute Gasteiger partial charge is 0.507 e. The molecule has 0 unspecified atom stereocenters. The van der Waals surface area contributed by atoms with Crippen molar-refractivity contribution in [1.82, 2.24) is 5.43 Å². The number of hydrogen-bond acceptors (Lipinski definition) is 5. The number of phenolic OH excluding ortho intramolecular Hbond substituents is 1. The molecule has 2 aromatic carbocycles. The summed E-state index contributed by atoms with van der Waals surface area (Å²) in [6, 6.07) is 10.7. The molecule has 6 nitrogen and oxygen atoms in total. The van der Waals surface area contributed by atoms with Crippen molar-refractivity contribution in [2.24, 2.45) is 5.10 Å². The molecule has 0 atom stereocenters. The Hall–Kier alpha value is -3.02. The summed E-state index contributed by atoms with van der Waals surface area (Å²) in [4.78, 5) is 11.8. The molecule has 0 aromatic heterocycles. The number of hydrogen-bond donors (Lipinski definition) is 2. The zero-order chi connectivity index (χ0) is 18.9. The third-order valence-corrected chi connectivity index (χ3v) is 3.57. The molecule has 2 rings (SSSR count). The molecule has 0 aliphatic carbocycles. The second kappa shape index (κ2) is 9.46. The number of nitrogens with zero attached hydrogens (tertiary/aromatic N) is 1. The van der Waals surface area contributed by atoms with Crippen LogP contribution in [0.5, 0.6) is 17.2 Å². The van der Waals surface area contributed by atoms with Crippen LogP contribution in [-0.4, -0.2) is 30.4 Å². The second-order valence-electron chi connectivity index (χ2n) is 5.92. The first-order chi connectivity index (χ1) is 12.5. The molecule has 0 saturated heterocycles. The van der Waals surface area contributed by atoms with Crippen molar-refractivity contribution in [3.63, 3.8) is 0 Å². The minimum absolute atomic E-state index is 0.0308. The Morgan fingerprint density at radius 2 is 2.00 bits per heavy atom. The lowest BCUT2D eigenvalue weighted by atomic mass is 10.1. The van der Waals surface area contributed by atoms with Crippen LogP contribution >= 0.6 is 0 Å². The summed E-state index contributed by atoms with van der Waals surface area (Å²) in [5, 5.41) is 13.8. The van der Waals surface area contributed by atoms with E-state index in [1.807, 2.05) is 39.0 Å². The predicted molar refractivity (Wildman–Crippen MR) is 101 cm³/mol. The number of ether oxygens (including phenoxy) is 2. The van der Waals surface area contributed by atoms with Gasteiger partial charge in [0.15, 0.2) is 6.61 Å². The van der Waals surface area contributed by atoms with Gasteiger partial charge in [-0.15, -0.1) is 0 Å². The third-order valence-electron chi connectivity index (χ3n) is 3.57. The van der Waals surface area contributed by atoms with Gasteiger partial charge in [-0.25, -0.2) is 5.43 Å². The number of carbonyl (C=O) groups is 1. The molecule has 2 aromatic rings. The normalized spacial score (nSPS) is 10.7. The van der Waals surface area contributed by atoms with Crippen LogP contribution in [0.15, 0.2) is 41.5 Å². The van der Waals surface area contributed by atoms with Gasteiger partial charge in [0.1, 0.15) is 17.2 Å². The van der Waals surface area contributed by atoms with E-state index in [0.29, 0.717) is 23.7 Å². The standard InChI is InChI=1S/C20H24N2O4/c1-4-9-25-17-8-7-16(18(23)11-17)12-21-22-20(24)13-26-19-10-14(2)5-6-15(19)3/h5-8,10-12,23H,4,9,13H2,1-3H3,(H,22,24)/b21-12+. The van der Waals surface area contributed by atoms with E-state index in [0.717, 1.165) is 17.5 Å². The second-order valence-corrected chi connectivity index (χ2v) is 5.92. The molecule has 0 fully saturated rings. The summed E-state index contributed by atoms with van der Waals surface area (Å²) in [5.74, 6) is 0.907. The quantitative estimate of drug-likeness (QED) is 0.562. The van der Waals surface area contributed by atoms with E-state index < -0.39 is 0 Å². The molecule has 26 heavy (non-hydrogen) atoms. The summed E-state index contributed by atoms with van der Waals surface area (Å²) >= 11 is 0. The van der Waals surface area contributed by atoms with Crippen LogP contribution in [0.4, 0.5) is 0 Å². The molecule has 6 heteroatoms. The molecule has 2 N–H and O–H groups in total. The third kappa shape index (κ3) is 5.81. The van der Waals surface area contributed by atoms with Gasteiger partial charge in [-0.05, 0) is 49.6 Å². The number of aryl methyl sites for hydroxylation is 2. The van der Waals surface area contributed by atoms with E-state index in [1.165, 1.54) is 12.3 Å². The summed E-state index contributed by atoms with van der Waals surface area (Å²) < 4.78 is 10.9. The topological polar surface area (TPSA) is 80.2 Å². The lowest BCUT2D eigenvalue weighted by molar-refractivity contribution is -0.123. The first-order valence-corrected chi connectivity index (χ1v) is 8.47. The minimum Gasteiger partial charge on any atom is -0.507 e. The molecule has 0 aliphatic heterocycles. The van der Waals surface area contributed by atoms with Gasteiger partial charge in [0.2, 0.25) is 0 Å². The maximum atomic E-state index is 11.8. The molecular weight excluding hydrogens is 332 g/mol. The van der Waals surface area contributed by atoms with Crippen LogP contribution in [0.2, 0.25) is 0 Å². The van der Waals surface area contributed by atoms with E-state index in [2.05, 4.69) is 10.5 Å². The van der Waals surface area contributed by atoms with Crippen molar-refractivity contribution in [3.8, 4) is 17.2 Å². The SMILES string of the molecule is CCCOc1ccc(/C=N/NC(=O)COc2cc(C)ccc2C)c(O)c1. The summed E-state index contributed by atoms with van der Waals surface area (Å²) in [6.07, 6.45) is 2.26. The maximum Gasteiger partial charge on any atom is 0.277 e. The fraction of sp³-hybridized carbons (Fsp3) is 0.300. The molecule has 0 aliphatic rings. The fourth-order valence-corrected chi connectivity index (χ4v) is 2.15. The highest BCUT2D eigenvalue weighted by Gasteiger charge is 2.05. The number of amides is 1. The van der Waals surface area contributed by atoms with Crippen molar-refractivity contribution >= 4 is 12.1 Å². The average molecular weight is 356 g/mol. The van der Waals surface area contributed by atoms with Gasteiger partial charge >= 0.3 is 0 Å². The highest BCUT2D eigenvalue weighted by molar-refractivity contribution is 5.85. The Morgan fingerprint density at radius 3 is 2.73 bits per heavy atom. The monoisotopic (exact) mass is 356 g/mol. The Labute approximate surface area is 153 Å². The first-order valence-electron chi connectivity index (χ1n) is 8.47. The van der Waals surface area contributed by atoms with Gasteiger partial charge in [-0.1, -0.05) is 19.1 Å². The summed E-state index contributed by atoms with van der Waals surface area (Å²) in [6.45, 7) is 6.33. The van der Waals surface area contributed by atoms with E-state index in [4.69, 9.17) is 9.47 Å². The minimum atomic E-state index is -0.385. The van der Waals surface area contributed by atoms with Crippen molar-refractivity contribution < 1.29 is 19.4 Å². The molecule has 0 spiro atoms. The predicted octanol–water partition coefficient (Wildman–Crippen LogP) is 3.33. The van der Waals surface area contributed by atoms with E-state index in [1.54, 1.807) is 12.1 Å².